The van der Waals surface area contributed by atoms with Gasteiger partial charge in [-0.1, -0.05) is 24.3 Å². The Bertz CT molecular complexity index is 1120. The van der Waals surface area contributed by atoms with Gasteiger partial charge in [-0.15, -0.1) is 0 Å². The zero-order valence-electron chi connectivity index (χ0n) is 18.1. The summed E-state index contributed by atoms with van der Waals surface area (Å²) in [6.45, 7) is 9.68. The molecule has 0 atom stereocenters. The Labute approximate surface area is 186 Å². The predicted octanol–water partition coefficient (Wildman–Crippen LogP) is 6.08. The number of hydrogen-bond acceptors (Lipinski definition) is 4. The lowest BCUT2D eigenvalue weighted by Crippen LogP contribution is -2.44. The summed E-state index contributed by atoms with van der Waals surface area (Å²) in [5.74, 6) is -0.666. The molecule has 6 heteroatoms. The van der Waals surface area contributed by atoms with Crippen LogP contribution in [0.4, 0.5) is 14.9 Å². The molecule has 4 rings (SSSR count). The molecule has 2 aliphatic heterocycles. The van der Waals surface area contributed by atoms with Gasteiger partial charge in [0, 0.05) is 17.8 Å². The highest BCUT2D eigenvalue weighted by atomic mass is 32.2. The second kappa shape index (κ2) is 8.00. The summed E-state index contributed by atoms with van der Waals surface area (Å²) in [4.78, 5) is 29.2. The van der Waals surface area contributed by atoms with Gasteiger partial charge in [0.2, 0.25) is 0 Å². The molecule has 0 aromatic heterocycles. The van der Waals surface area contributed by atoms with Gasteiger partial charge in [-0.05, 0) is 86.5 Å². The standard InChI is InChI=1S/C25H25FN2O2S/c1-5-28-21-11-8-18(12-20(21)16(2)14-25(28,3)4)13-22-23(29)27(24(30)31-22)15-17-6-9-19(26)10-7-17/h6-14H,5,15H2,1-4H3/b22-13+. The average molecular weight is 437 g/mol. The van der Waals surface area contributed by atoms with Gasteiger partial charge in [-0.25, -0.2) is 4.39 Å². The van der Waals surface area contributed by atoms with Gasteiger partial charge in [-0.3, -0.25) is 14.5 Å². The molecule has 0 bridgehead atoms. The van der Waals surface area contributed by atoms with Crippen molar-refractivity contribution < 1.29 is 14.0 Å². The van der Waals surface area contributed by atoms with E-state index in [1.54, 1.807) is 18.2 Å². The number of hydrogen-bond donors (Lipinski definition) is 0. The molecule has 31 heavy (non-hydrogen) atoms. The number of carbonyl (C=O) groups excluding carboxylic acids is 2. The summed E-state index contributed by atoms with van der Waals surface area (Å²) in [6.07, 6.45) is 4.04. The van der Waals surface area contributed by atoms with Gasteiger partial charge in [-0.2, -0.15) is 0 Å². The SMILES string of the molecule is CCN1c2ccc(/C=C3/SC(=O)N(Cc4ccc(F)cc4)C3=O)cc2C(C)=CC1(C)C. The number of amides is 2. The molecule has 0 saturated carbocycles. The van der Waals surface area contributed by atoms with E-state index in [0.29, 0.717) is 10.5 Å². The van der Waals surface area contributed by atoms with Gasteiger partial charge < -0.3 is 4.90 Å². The molecule has 0 radical (unpaired) electrons. The van der Waals surface area contributed by atoms with E-state index >= 15 is 0 Å². The van der Waals surface area contributed by atoms with Crippen molar-refractivity contribution in [2.45, 2.75) is 39.8 Å². The molecule has 160 valence electrons. The number of likely N-dealkylation sites (N-methyl/N-ethyl adjacent to an activating group) is 1. The molecule has 2 amide bonds. The first-order chi connectivity index (χ1) is 14.7. The third-order valence-electron chi connectivity index (χ3n) is 5.74. The topological polar surface area (TPSA) is 40.6 Å². The number of anilines is 1. The maximum Gasteiger partial charge on any atom is 0.293 e. The highest BCUT2D eigenvalue weighted by Crippen LogP contribution is 2.40. The molecule has 2 aliphatic rings. The first-order valence-electron chi connectivity index (χ1n) is 10.3. The summed E-state index contributed by atoms with van der Waals surface area (Å²) in [7, 11) is 0. The lowest BCUT2D eigenvalue weighted by atomic mass is 9.88. The van der Waals surface area contributed by atoms with Crippen LogP contribution in [0, 0.1) is 5.82 Å². The monoisotopic (exact) mass is 436 g/mol. The van der Waals surface area contributed by atoms with Crippen molar-refractivity contribution in [3.63, 3.8) is 0 Å². The molecule has 0 N–H and O–H groups in total. The molecule has 2 aromatic carbocycles. The largest absolute Gasteiger partial charge is 0.363 e. The molecule has 0 unspecified atom stereocenters. The third kappa shape index (κ3) is 4.04. The van der Waals surface area contributed by atoms with E-state index in [-0.39, 0.29) is 29.0 Å². The van der Waals surface area contributed by atoms with Gasteiger partial charge >= 0.3 is 0 Å². The van der Waals surface area contributed by atoms with Crippen molar-refractivity contribution >= 4 is 40.2 Å². The molecule has 2 aromatic rings. The molecule has 1 fully saturated rings. The summed E-state index contributed by atoms with van der Waals surface area (Å²) < 4.78 is 13.1. The second-order valence-electron chi connectivity index (χ2n) is 8.40. The third-order valence-corrected chi connectivity index (χ3v) is 6.65. The molecular formula is C25H25FN2O2S. The maximum atomic E-state index is 13.1. The molecule has 0 aliphatic carbocycles. The zero-order chi connectivity index (χ0) is 22.3. The van der Waals surface area contributed by atoms with E-state index in [4.69, 9.17) is 0 Å². The number of fused-ring (bicyclic) bond motifs is 1. The van der Waals surface area contributed by atoms with Crippen LogP contribution in [0.3, 0.4) is 0 Å². The highest BCUT2D eigenvalue weighted by molar-refractivity contribution is 8.18. The van der Waals surface area contributed by atoms with Crippen LogP contribution in [0.1, 0.15) is 44.4 Å². The fourth-order valence-electron chi connectivity index (χ4n) is 4.33. The number of carbonyl (C=O) groups is 2. The van der Waals surface area contributed by atoms with E-state index in [1.807, 2.05) is 6.07 Å². The normalized spacial score (nSPS) is 19.1. The summed E-state index contributed by atoms with van der Waals surface area (Å²) in [6, 6.07) is 12.0. The van der Waals surface area contributed by atoms with E-state index in [1.165, 1.54) is 28.3 Å². The van der Waals surface area contributed by atoms with Gasteiger partial charge in [0.25, 0.3) is 11.1 Å². The average Bonchev–Trinajstić information content (AvgIpc) is 2.97. The Morgan fingerprint density at radius 1 is 1.10 bits per heavy atom. The van der Waals surface area contributed by atoms with E-state index in [2.05, 4.69) is 50.8 Å². The summed E-state index contributed by atoms with van der Waals surface area (Å²) in [5, 5.41) is -0.312. The smallest absolute Gasteiger partial charge is 0.293 e. The number of nitrogens with zero attached hydrogens (tertiary/aromatic N) is 2. The molecule has 0 spiro atoms. The van der Waals surface area contributed by atoms with Gasteiger partial charge in [0.1, 0.15) is 5.82 Å². The minimum atomic E-state index is -0.348. The van der Waals surface area contributed by atoms with Crippen molar-refractivity contribution in [2.75, 3.05) is 11.4 Å². The van der Waals surface area contributed by atoms with Gasteiger partial charge in [0.05, 0.1) is 17.0 Å². The van der Waals surface area contributed by atoms with Crippen LogP contribution in [0.15, 0.2) is 53.4 Å². The highest BCUT2D eigenvalue weighted by Gasteiger charge is 2.35. The van der Waals surface area contributed by atoms with Crippen molar-refractivity contribution in [1.82, 2.24) is 4.90 Å². The number of imide groups is 1. The Morgan fingerprint density at radius 3 is 2.48 bits per heavy atom. The summed E-state index contributed by atoms with van der Waals surface area (Å²) in [5.41, 5.74) is 5.05. The van der Waals surface area contributed by atoms with Crippen LogP contribution in [-0.4, -0.2) is 28.1 Å². The number of halogens is 1. The first kappa shape index (κ1) is 21.4. The lowest BCUT2D eigenvalue weighted by Gasteiger charge is -2.42. The lowest BCUT2D eigenvalue weighted by molar-refractivity contribution is -0.123. The number of rotatable bonds is 4. The van der Waals surface area contributed by atoms with E-state index in [0.717, 1.165) is 29.4 Å². The zero-order valence-corrected chi connectivity index (χ0v) is 18.9. The second-order valence-corrected chi connectivity index (χ2v) is 9.39. The minimum Gasteiger partial charge on any atom is -0.363 e. The van der Waals surface area contributed by atoms with Crippen LogP contribution >= 0.6 is 11.8 Å². The molecule has 1 saturated heterocycles. The summed E-state index contributed by atoms with van der Waals surface area (Å²) >= 11 is 0.941. The quantitative estimate of drug-likeness (QED) is 0.544. The number of benzene rings is 2. The van der Waals surface area contributed by atoms with Crippen LogP contribution in [0.2, 0.25) is 0 Å². The van der Waals surface area contributed by atoms with Crippen molar-refractivity contribution in [1.29, 1.82) is 0 Å². The van der Waals surface area contributed by atoms with Crippen molar-refractivity contribution in [3.8, 4) is 0 Å². The van der Waals surface area contributed by atoms with Crippen molar-refractivity contribution in [3.05, 3.63) is 76.0 Å². The Morgan fingerprint density at radius 2 is 1.81 bits per heavy atom. The predicted molar refractivity (Wildman–Crippen MR) is 125 cm³/mol. The Hall–Kier alpha value is -2.86. The number of thioether (sulfide) groups is 1. The Kier molecular flexibility index (Phi) is 5.52. The Balaban J connectivity index is 1.61. The maximum absolute atomic E-state index is 13.1. The first-order valence-corrected chi connectivity index (χ1v) is 11.1. The van der Waals surface area contributed by atoms with Crippen LogP contribution < -0.4 is 4.90 Å². The molecule has 2 heterocycles. The van der Waals surface area contributed by atoms with Gasteiger partial charge in [0.15, 0.2) is 0 Å². The number of allylic oxidation sites excluding steroid dienone is 1. The fourth-order valence-corrected chi connectivity index (χ4v) is 5.17. The van der Waals surface area contributed by atoms with Crippen LogP contribution in [0.25, 0.3) is 11.6 Å². The molecular weight excluding hydrogens is 411 g/mol. The van der Waals surface area contributed by atoms with E-state index in [9.17, 15) is 14.0 Å². The van der Waals surface area contributed by atoms with Crippen LogP contribution in [-0.2, 0) is 11.3 Å². The molecule has 4 nitrogen and oxygen atoms in total. The van der Waals surface area contributed by atoms with Crippen LogP contribution in [0.5, 0.6) is 0 Å². The minimum absolute atomic E-state index is 0.0592. The van der Waals surface area contributed by atoms with E-state index < -0.39 is 0 Å². The fraction of sp³-hybridized carbons (Fsp3) is 0.280. The van der Waals surface area contributed by atoms with Crippen molar-refractivity contribution in [2.24, 2.45) is 0 Å².